The molecule has 0 aliphatic carbocycles. The Balaban J connectivity index is 2.81. The molecule has 0 fully saturated rings. The van der Waals surface area contributed by atoms with Crippen LogP contribution in [0.3, 0.4) is 0 Å². The minimum absolute atomic E-state index is 0.0463. The molecule has 0 spiro atoms. The highest BCUT2D eigenvalue weighted by molar-refractivity contribution is 7.10. The monoisotopic (exact) mass is 183 g/mol. The van der Waals surface area contributed by atoms with E-state index in [4.69, 9.17) is 6.42 Å². The molecular formula is C9H10FNS. The Bertz CT molecular complexity index is 287. The molecule has 1 heterocycles. The summed E-state index contributed by atoms with van der Waals surface area (Å²) in [6.07, 6.45) is 5.68. The molecule has 1 nitrogen and oxygen atoms in total. The minimum Gasteiger partial charge on any atom is -0.311 e. The third-order valence-electron chi connectivity index (χ3n) is 1.63. The lowest BCUT2D eigenvalue weighted by molar-refractivity contribution is 0.557. The van der Waals surface area contributed by atoms with Crippen LogP contribution in [0.1, 0.15) is 17.3 Å². The SMILES string of the molecule is C#CCC(NC)c1sccc1F. The Labute approximate surface area is 75.6 Å². The molecule has 0 amide bonds. The van der Waals surface area contributed by atoms with Gasteiger partial charge in [0.05, 0.1) is 10.9 Å². The smallest absolute Gasteiger partial charge is 0.138 e. The van der Waals surface area contributed by atoms with Crippen molar-refractivity contribution in [2.45, 2.75) is 12.5 Å². The highest BCUT2D eigenvalue weighted by Gasteiger charge is 2.13. The van der Waals surface area contributed by atoms with Gasteiger partial charge in [-0.15, -0.1) is 23.7 Å². The van der Waals surface area contributed by atoms with Crippen LogP contribution in [0.15, 0.2) is 11.4 Å². The summed E-state index contributed by atoms with van der Waals surface area (Å²) in [7, 11) is 1.78. The van der Waals surface area contributed by atoms with Crippen LogP contribution in [-0.2, 0) is 0 Å². The highest BCUT2D eigenvalue weighted by atomic mass is 32.1. The number of rotatable bonds is 3. The Morgan fingerprint density at radius 3 is 3.00 bits per heavy atom. The number of nitrogens with one attached hydrogen (secondary N) is 1. The van der Waals surface area contributed by atoms with Gasteiger partial charge in [0.25, 0.3) is 0 Å². The molecule has 0 radical (unpaired) electrons. The molecule has 0 aromatic carbocycles. The number of thiophene rings is 1. The van der Waals surface area contributed by atoms with E-state index < -0.39 is 0 Å². The molecule has 1 N–H and O–H groups in total. The fraction of sp³-hybridized carbons (Fsp3) is 0.333. The molecule has 0 bridgehead atoms. The first-order chi connectivity index (χ1) is 5.79. The number of terminal acetylenes is 1. The normalized spacial score (nSPS) is 12.4. The standard InChI is InChI=1S/C9H10FNS/c1-3-4-8(11-2)9-7(10)5-6-12-9/h1,5-6,8,11H,4H2,2H3. The predicted octanol–water partition coefficient (Wildman–Crippen LogP) is 2.17. The Hall–Kier alpha value is -0.850. The zero-order valence-electron chi connectivity index (χ0n) is 6.80. The van der Waals surface area contributed by atoms with Gasteiger partial charge in [0.1, 0.15) is 5.82 Å². The Kier molecular flexibility index (Phi) is 3.27. The summed E-state index contributed by atoms with van der Waals surface area (Å²) in [5.41, 5.74) is 0. The molecule has 1 atom stereocenters. The molecule has 1 aromatic rings. The molecule has 0 aliphatic heterocycles. The van der Waals surface area contributed by atoms with E-state index >= 15 is 0 Å². The predicted molar refractivity (Wildman–Crippen MR) is 49.5 cm³/mol. The van der Waals surface area contributed by atoms with Crippen molar-refractivity contribution < 1.29 is 4.39 Å². The molecule has 1 unspecified atom stereocenters. The van der Waals surface area contributed by atoms with Crippen LogP contribution in [0.5, 0.6) is 0 Å². The largest absolute Gasteiger partial charge is 0.311 e. The van der Waals surface area contributed by atoms with E-state index in [1.165, 1.54) is 17.4 Å². The fourth-order valence-corrected chi connectivity index (χ4v) is 1.88. The molecule has 3 heteroatoms. The highest BCUT2D eigenvalue weighted by Crippen LogP contribution is 2.24. The van der Waals surface area contributed by atoms with Crippen LogP contribution >= 0.6 is 11.3 Å². The van der Waals surface area contributed by atoms with Crippen LogP contribution in [0.4, 0.5) is 4.39 Å². The number of hydrogen-bond acceptors (Lipinski definition) is 2. The van der Waals surface area contributed by atoms with Crippen LogP contribution in [-0.4, -0.2) is 7.05 Å². The van der Waals surface area contributed by atoms with E-state index in [-0.39, 0.29) is 11.9 Å². The van der Waals surface area contributed by atoms with E-state index in [1.807, 2.05) is 0 Å². The van der Waals surface area contributed by atoms with E-state index in [9.17, 15) is 4.39 Å². The van der Waals surface area contributed by atoms with E-state index in [1.54, 1.807) is 12.4 Å². The summed E-state index contributed by atoms with van der Waals surface area (Å²) < 4.78 is 13.0. The molecule has 0 saturated carbocycles. The first-order valence-electron chi connectivity index (χ1n) is 3.63. The maximum Gasteiger partial charge on any atom is 0.138 e. The van der Waals surface area contributed by atoms with Crippen molar-refractivity contribution in [1.29, 1.82) is 0 Å². The number of halogens is 1. The van der Waals surface area contributed by atoms with Gasteiger partial charge < -0.3 is 5.32 Å². The van der Waals surface area contributed by atoms with Crippen molar-refractivity contribution in [3.63, 3.8) is 0 Å². The van der Waals surface area contributed by atoms with Gasteiger partial charge >= 0.3 is 0 Å². The van der Waals surface area contributed by atoms with Gasteiger partial charge in [-0.25, -0.2) is 4.39 Å². The van der Waals surface area contributed by atoms with Gasteiger partial charge in [-0.3, -0.25) is 0 Å². The average molecular weight is 183 g/mol. The zero-order chi connectivity index (χ0) is 8.97. The van der Waals surface area contributed by atoms with Crippen LogP contribution in [0.25, 0.3) is 0 Å². The maximum absolute atomic E-state index is 13.0. The quantitative estimate of drug-likeness (QED) is 0.708. The Morgan fingerprint density at radius 2 is 2.58 bits per heavy atom. The third kappa shape index (κ3) is 1.84. The van der Waals surface area contributed by atoms with Crippen molar-refractivity contribution in [1.82, 2.24) is 5.32 Å². The van der Waals surface area contributed by atoms with Crippen molar-refractivity contribution >= 4 is 11.3 Å². The second-order valence-corrected chi connectivity index (χ2v) is 3.33. The summed E-state index contributed by atoms with van der Waals surface area (Å²) in [5.74, 6) is 2.34. The first-order valence-corrected chi connectivity index (χ1v) is 4.51. The van der Waals surface area contributed by atoms with E-state index in [0.717, 1.165) is 0 Å². The van der Waals surface area contributed by atoms with Gasteiger partial charge in [0.2, 0.25) is 0 Å². The number of hydrogen-bond donors (Lipinski definition) is 1. The molecule has 64 valence electrons. The first kappa shape index (κ1) is 9.24. The average Bonchev–Trinajstić information content (AvgIpc) is 2.47. The Morgan fingerprint density at radius 1 is 1.83 bits per heavy atom. The van der Waals surface area contributed by atoms with Crippen LogP contribution in [0, 0.1) is 18.2 Å². The second-order valence-electron chi connectivity index (χ2n) is 2.38. The maximum atomic E-state index is 13.0. The minimum atomic E-state index is -0.172. The zero-order valence-corrected chi connectivity index (χ0v) is 7.62. The summed E-state index contributed by atoms with van der Waals surface area (Å²) in [4.78, 5) is 0.690. The summed E-state index contributed by atoms with van der Waals surface area (Å²) >= 11 is 1.39. The molecule has 0 aliphatic rings. The third-order valence-corrected chi connectivity index (χ3v) is 2.64. The molecular weight excluding hydrogens is 173 g/mol. The van der Waals surface area contributed by atoms with Gasteiger partial charge in [-0.2, -0.15) is 0 Å². The van der Waals surface area contributed by atoms with E-state index in [2.05, 4.69) is 11.2 Å². The lowest BCUT2D eigenvalue weighted by atomic mass is 10.2. The summed E-state index contributed by atoms with van der Waals surface area (Å²) in [6, 6.07) is 1.41. The molecule has 0 saturated heterocycles. The topological polar surface area (TPSA) is 12.0 Å². The van der Waals surface area contributed by atoms with Crippen LogP contribution < -0.4 is 5.32 Å². The van der Waals surface area contributed by atoms with Gasteiger partial charge in [-0.1, -0.05) is 0 Å². The van der Waals surface area contributed by atoms with Gasteiger partial charge in [0.15, 0.2) is 0 Å². The van der Waals surface area contributed by atoms with Crippen molar-refractivity contribution in [3.05, 3.63) is 22.1 Å². The molecule has 1 aromatic heterocycles. The van der Waals surface area contributed by atoms with Crippen molar-refractivity contribution in [3.8, 4) is 12.3 Å². The lowest BCUT2D eigenvalue weighted by Gasteiger charge is -2.10. The van der Waals surface area contributed by atoms with Gasteiger partial charge in [-0.05, 0) is 18.5 Å². The fourth-order valence-electron chi connectivity index (χ4n) is 0.998. The van der Waals surface area contributed by atoms with Crippen LogP contribution in [0.2, 0.25) is 0 Å². The summed E-state index contributed by atoms with van der Waals surface area (Å²) in [5, 5.41) is 4.70. The molecule has 1 rings (SSSR count). The molecule has 12 heavy (non-hydrogen) atoms. The van der Waals surface area contributed by atoms with Crippen molar-refractivity contribution in [2.75, 3.05) is 7.05 Å². The second kappa shape index (κ2) is 4.24. The van der Waals surface area contributed by atoms with Gasteiger partial charge in [0, 0.05) is 6.42 Å². The lowest BCUT2D eigenvalue weighted by Crippen LogP contribution is -2.15. The van der Waals surface area contributed by atoms with Crippen molar-refractivity contribution in [2.24, 2.45) is 0 Å². The summed E-state index contributed by atoms with van der Waals surface area (Å²) in [6.45, 7) is 0. The van der Waals surface area contributed by atoms with E-state index in [0.29, 0.717) is 11.3 Å².